The van der Waals surface area contributed by atoms with Crippen molar-refractivity contribution in [1.82, 2.24) is 24.7 Å². The number of hydrogen-bond acceptors (Lipinski definition) is 8. The van der Waals surface area contributed by atoms with Crippen molar-refractivity contribution in [2.75, 3.05) is 5.32 Å². The third-order valence-electron chi connectivity index (χ3n) is 6.63. The van der Waals surface area contributed by atoms with Crippen LogP contribution in [0.25, 0.3) is 16.3 Å². The van der Waals surface area contributed by atoms with Gasteiger partial charge in [0.15, 0.2) is 0 Å². The van der Waals surface area contributed by atoms with Crippen LogP contribution in [0.15, 0.2) is 73.3 Å². The Morgan fingerprint density at radius 2 is 2.00 bits per heavy atom. The molecule has 1 atom stereocenters. The standard InChI is InChI=1S/C28H24N6O3S/c1-17-12-22(32-25(13-17)33-24-15-20(7-10-29-24)34-11-3-9-31-34)23-16-30-27(38-23)28(37)8-2-4-18-14-19(26(35)36)5-6-21(18)28/h3,5-7,9-16,37H,2,4,8H2,1H3,(H,35,36)(H,29,32,33)/t28-/m1/s1. The first-order valence-corrected chi connectivity index (χ1v) is 13.0. The molecular formula is C28H24N6O3S. The van der Waals surface area contributed by atoms with E-state index in [1.54, 1.807) is 41.5 Å². The van der Waals surface area contributed by atoms with Crippen LogP contribution in [0.4, 0.5) is 11.6 Å². The van der Waals surface area contributed by atoms with Crippen molar-refractivity contribution in [1.29, 1.82) is 0 Å². The van der Waals surface area contributed by atoms with Gasteiger partial charge in [0.1, 0.15) is 22.2 Å². The van der Waals surface area contributed by atoms with Crippen LogP contribution >= 0.6 is 11.3 Å². The van der Waals surface area contributed by atoms with Crippen molar-refractivity contribution in [3.63, 3.8) is 0 Å². The van der Waals surface area contributed by atoms with E-state index in [0.717, 1.165) is 45.8 Å². The first-order chi connectivity index (χ1) is 18.4. The number of anilines is 2. The van der Waals surface area contributed by atoms with Gasteiger partial charge in [-0.05, 0) is 79.3 Å². The quantitative estimate of drug-likeness (QED) is 0.280. The van der Waals surface area contributed by atoms with Gasteiger partial charge < -0.3 is 15.5 Å². The largest absolute Gasteiger partial charge is 0.478 e. The Balaban J connectivity index is 1.30. The molecule has 38 heavy (non-hydrogen) atoms. The lowest BCUT2D eigenvalue weighted by molar-refractivity contribution is 0.0607. The van der Waals surface area contributed by atoms with Gasteiger partial charge in [0, 0.05) is 30.9 Å². The van der Waals surface area contributed by atoms with Crippen LogP contribution in [0.5, 0.6) is 0 Å². The molecule has 1 aromatic carbocycles. The molecule has 9 nitrogen and oxygen atoms in total. The molecule has 0 saturated carbocycles. The highest BCUT2D eigenvalue weighted by molar-refractivity contribution is 7.15. The minimum absolute atomic E-state index is 0.224. The maximum absolute atomic E-state index is 11.7. The molecule has 10 heteroatoms. The van der Waals surface area contributed by atoms with Crippen LogP contribution in [0.3, 0.4) is 0 Å². The van der Waals surface area contributed by atoms with Crippen molar-refractivity contribution < 1.29 is 15.0 Å². The molecule has 0 spiro atoms. The highest BCUT2D eigenvalue weighted by Crippen LogP contribution is 2.43. The minimum Gasteiger partial charge on any atom is -0.478 e. The summed E-state index contributed by atoms with van der Waals surface area (Å²) in [4.78, 5) is 26.1. The Morgan fingerprint density at radius 1 is 1.11 bits per heavy atom. The average molecular weight is 525 g/mol. The molecule has 4 aromatic heterocycles. The Kier molecular flexibility index (Phi) is 5.97. The summed E-state index contributed by atoms with van der Waals surface area (Å²) in [5.41, 5.74) is 3.15. The fraction of sp³-hybridized carbons (Fsp3) is 0.179. The zero-order valence-electron chi connectivity index (χ0n) is 20.5. The second kappa shape index (κ2) is 9.47. The lowest BCUT2D eigenvalue weighted by Gasteiger charge is -2.33. The number of benzene rings is 1. The summed E-state index contributed by atoms with van der Waals surface area (Å²) in [6.07, 6.45) is 9.03. The number of aryl methyl sites for hydroxylation is 2. The monoisotopic (exact) mass is 524 g/mol. The second-order valence-electron chi connectivity index (χ2n) is 9.31. The Bertz CT molecular complexity index is 1650. The normalized spacial score (nSPS) is 16.7. The number of aromatic carboxylic acids is 1. The second-order valence-corrected chi connectivity index (χ2v) is 10.3. The number of carboxylic acid groups (broad SMARTS) is 1. The number of aromatic nitrogens is 5. The molecule has 3 N–H and O–H groups in total. The zero-order chi connectivity index (χ0) is 26.3. The van der Waals surface area contributed by atoms with Gasteiger partial charge in [0.2, 0.25) is 0 Å². The predicted octanol–water partition coefficient (Wildman–Crippen LogP) is 5.11. The van der Waals surface area contributed by atoms with E-state index in [9.17, 15) is 15.0 Å². The van der Waals surface area contributed by atoms with Gasteiger partial charge in [-0.3, -0.25) is 0 Å². The summed E-state index contributed by atoms with van der Waals surface area (Å²) in [6.45, 7) is 2.00. The first-order valence-electron chi connectivity index (χ1n) is 12.2. The van der Waals surface area contributed by atoms with Gasteiger partial charge in [-0.1, -0.05) is 6.07 Å². The zero-order valence-corrected chi connectivity index (χ0v) is 21.3. The van der Waals surface area contributed by atoms with E-state index in [4.69, 9.17) is 4.98 Å². The molecule has 0 amide bonds. The Labute approximate surface area is 222 Å². The Morgan fingerprint density at radius 3 is 2.82 bits per heavy atom. The van der Waals surface area contributed by atoms with E-state index in [-0.39, 0.29) is 5.56 Å². The summed E-state index contributed by atoms with van der Waals surface area (Å²) in [5, 5.41) is 29.2. The molecular weight excluding hydrogens is 500 g/mol. The minimum atomic E-state index is -1.27. The van der Waals surface area contributed by atoms with Crippen LogP contribution in [-0.4, -0.2) is 40.9 Å². The molecule has 1 aliphatic rings. The number of carboxylic acids is 1. The molecule has 5 aromatic rings. The number of aliphatic hydroxyl groups is 1. The third kappa shape index (κ3) is 4.44. The Hall–Kier alpha value is -4.41. The number of hydrogen-bond donors (Lipinski definition) is 3. The first kappa shape index (κ1) is 24.0. The van der Waals surface area contributed by atoms with E-state index in [2.05, 4.69) is 20.4 Å². The number of thiazole rings is 1. The summed E-state index contributed by atoms with van der Waals surface area (Å²) in [7, 11) is 0. The highest BCUT2D eigenvalue weighted by Gasteiger charge is 2.39. The fourth-order valence-corrected chi connectivity index (χ4v) is 5.86. The lowest BCUT2D eigenvalue weighted by Crippen LogP contribution is -2.32. The molecule has 4 heterocycles. The van der Waals surface area contributed by atoms with Gasteiger partial charge in [0.25, 0.3) is 0 Å². The number of carbonyl (C=O) groups is 1. The number of fused-ring (bicyclic) bond motifs is 1. The molecule has 0 aliphatic heterocycles. The van der Waals surface area contributed by atoms with Crippen molar-refractivity contribution >= 4 is 28.9 Å². The van der Waals surface area contributed by atoms with Crippen LogP contribution in [0.2, 0.25) is 0 Å². The smallest absolute Gasteiger partial charge is 0.335 e. The fourth-order valence-electron chi connectivity index (χ4n) is 4.85. The summed E-state index contributed by atoms with van der Waals surface area (Å²) >= 11 is 1.39. The van der Waals surface area contributed by atoms with Gasteiger partial charge in [-0.15, -0.1) is 11.3 Å². The molecule has 190 valence electrons. The average Bonchev–Trinajstić information content (AvgIpc) is 3.62. The van der Waals surface area contributed by atoms with E-state index in [1.807, 2.05) is 43.5 Å². The molecule has 0 unspecified atom stereocenters. The van der Waals surface area contributed by atoms with Crippen molar-refractivity contribution in [2.45, 2.75) is 31.8 Å². The van der Waals surface area contributed by atoms with Crippen LogP contribution in [0.1, 0.15) is 44.9 Å². The summed E-state index contributed by atoms with van der Waals surface area (Å²) in [6, 6.07) is 14.5. The van der Waals surface area contributed by atoms with Gasteiger partial charge in [-0.2, -0.15) is 5.10 Å². The van der Waals surface area contributed by atoms with E-state index < -0.39 is 11.6 Å². The molecule has 0 fully saturated rings. The number of rotatable bonds is 6. The summed E-state index contributed by atoms with van der Waals surface area (Å²) < 4.78 is 1.76. The number of pyridine rings is 2. The number of nitrogens with one attached hydrogen (secondary N) is 1. The molecule has 6 rings (SSSR count). The van der Waals surface area contributed by atoms with Gasteiger partial charge >= 0.3 is 5.97 Å². The highest BCUT2D eigenvalue weighted by atomic mass is 32.1. The van der Waals surface area contributed by atoms with E-state index >= 15 is 0 Å². The van der Waals surface area contributed by atoms with Crippen LogP contribution < -0.4 is 5.32 Å². The molecule has 0 saturated heterocycles. The number of nitrogens with zero attached hydrogens (tertiary/aromatic N) is 5. The lowest BCUT2D eigenvalue weighted by atomic mass is 9.79. The third-order valence-corrected chi connectivity index (χ3v) is 7.80. The van der Waals surface area contributed by atoms with Crippen molar-refractivity contribution in [3.05, 3.63) is 101 Å². The maximum atomic E-state index is 11.7. The van der Waals surface area contributed by atoms with E-state index in [0.29, 0.717) is 23.1 Å². The molecule has 0 bridgehead atoms. The predicted molar refractivity (Wildman–Crippen MR) is 144 cm³/mol. The van der Waals surface area contributed by atoms with Crippen molar-refractivity contribution in [3.8, 4) is 16.3 Å². The summed E-state index contributed by atoms with van der Waals surface area (Å²) in [5.74, 6) is 0.306. The van der Waals surface area contributed by atoms with Gasteiger partial charge in [0.05, 0.1) is 21.8 Å². The SMILES string of the molecule is Cc1cc(Nc2cc(-n3cccn3)ccn2)nc(-c2cnc([C@@]3(O)CCCc4cc(C(=O)O)ccc43)s2)c1. The maximum Gasteiger partial charge on any atom is 0.335 e. The van der Waals surface area contributed by atoms with Crippen LogP contribution in [-0.2, 0) is 12.0 Å². The molecule has 0 radical (unpaired) electrons. The van der Waals surface area contributed by atoms with Gasteiger partial charge in [-0.25, -0.2) is 24.4 Å². The molecule has 1 aliphatic carbocycles. The van der Waals surface area contributed by atoms with Crippen molar-refractivity contribution in [2.24, 2.45) is 0 Å². The van der Waals surface area contributed by atoms with Crippen LogP contribution in [0, 0.1) is 6.92 Å². The topological polar surface area (TPSA) is 126 Å². The van der Waals surface area contributed by atoms with E-state index in [1.165, 1.54) is 11.3 Å².